The van der Waals surface area contributed by atoms with Crippen LogP contribution in [-0.4, -0.2) is 37.9 Å². The van der Waals surface area contributed by atoms with Crippen molar-refractivity contribution in [3.05, 3.63) is 0 Å². The van der Waals surface area contributed by atoms with Crippen LogP contribution in [0.1, 0.15) is 12.8 Å². The van der Waals surface area contributed by atoms with Crippen molar-refractivity contribution >= 4 is 21.6 Å². The number of sulfonamides is 1. The molecular weight excluding hydrogens is 198 g/mol. The number of alkyl halides is 1. The standard InChI is InChI=1S/C7H14ClNO2S/c1-9(12(2,10)11)5-6-3-7(8)4-6/h6-7H,3-5H2,1-2H3. The Morgan fingerprint density at radius 2 is 2.00 bits per heavy atom. The van der Waals surface area contributed by atoms with E-state index in [4.69, 9.17) is 11.6 Å². The molecule has 0 N–H and O–H groups in total. The zero-order valence-electron chi connectivity index (χ0n) is 7.33. The maximum atomic E-state index is 11.0. The molecule has 1 saturated carbocycles. The summed E-state index contributed by atoms with van der Waals surface area (Å²) in [5, 5.41) is 0.267. The molecule has 1 fully saturated rings. The lowest BCUT2D eigenvalue weighted by molar-refractivity contribution is 0.269. The van der Waals surface area contributed by atoms with Crippen LogP contribution in [0.2, 0.25) is 0 Å². The summed E-state index contributed by atoms with van der Waals surface area (Å²) in [6.07, 6.45) is 3.12. The maximum Gasteiger partial charge on any atom is 0.210 e. The van der Waals surface area contributed by atoms with Crippen molar-refractivity contribution in [3.63, 3.8) is 0 Å². The first kappa shape index (κ1) is 10.3. The van der Waals surface area contributed by atoms with Crippen molar-refractivity contribution in [1.82, 2.24) is 4.31 Å². The van der Waals surface area contributed by atoms with E-state index in [1.54, 1.807) is 7.05 Å². The summed E-state index contributed by atoms with van der Waals surface area (Å²) in [7, 11) is -1.39. The molecule has 0 saturated heterocycles. The van der Waals surface area contributed by atoms with Gasteiger partial charge in [0, 0.05) is 19.0 Å². The van der Waals surface area contributed by atoms with Gasteiger partial charge in [-0.1, -0.05) is 0 Å². The second-order valence-electron chi connectivity index (χ2n) is 3.48. The molecule has 72 valence electrons. The molecule has 0 aliphatic heterocycles. The molecular formula is C7H14ClNO2S. The molecule has 1 rings (SSSR count). The highest BCUT2D eigenvalue weighted by Gasteiger charge is 2.29. The zero-order valence-corrected chi connectivity index (χ0v) is 8.90. The molecule has 0 bridgehead atoms. The zero-order chi connectivity index (χ0) is 9.35. The van der Waals surface area contributed by atoms with Crippen LogP contribution < -0.4 is 0 Å². The van der Waals surface area contributed by atoms with Crippen molar-refractivity contribution in [3.8, 4) is 0 Å². The Hall–Kier alpha value is 0.200. The van der Waals surface area contributed by atoms with Gasteiger partial charge in [-0.3, -0.25) is 0 Å². The number of halogens is 1. The maximum absolute atomic E-state index is 11.0. The van der Waals surface area contributed by atoms with Gasteiger partial charge in [0.05, 0.1) is 6.26 Å². The number of rotatable bonds is 3. The predicted molar refractivity (Wildman–Crippen MR) is 49.8 cm³/mol. The summed E-state index contributed by atoms with van der Waals surface area (Å²) >= 11 is 5.77. The van der Waals surface area contributed by atoms with Gasteiger partial charge in [0.25, 0.3) is 0 Å². The minimum atomic E-state index is -3.00. The third kappa shape index (κ3) is 2.61. The smallest absolute Gasteiger partial charge is 0.210 e. The Labute approximate surface area is 78.7 Å². The van der Waals surface area contributed by atoms with Crippen LogP contribution >= 0.6 is 11.6 Å². The third-order valence-corrected chi connectivity index (χ3v) is 3.90. The van der Waals surface area contributed by atoms with Gasteiger partial charge in [0.1, 0.15) is 0 Å². The minimum Gasteiger partial charge on any atom is -0.213 e. The lowest BCUT2D eigenvalue weighted by Gasteiger charge is -2.33. The normalized spacial score (nSPS) is 30.3. The minimum absolute atomic E-state index is 0.267. The lowest BCUT2D eigenvalue weighted by atomic mass is 9.85. The fraction of sp³-hybridized carbons (Fsp3) is 1.00. The first-order valence-electron chi connectivity index (χ1n) is 3.95. The average molecular weight is 212 g/mol. The van der Waals surface area contributed by atoms with Gasteiger partial charge < -0.3 is 0 Å². The first-order chi connectivity index (χ1) is 5.39. The van der Waals surface area contributed by atoms with Gasteiger partial charge in [0.2, 0.25) is 10.0 Å². The molecule has 5 heteroatoms. The van der Waals surface area contributed by atoms with Crippen LogP contribution in [0.3, 0.4) is 0 Å². The molecule has 0 amide bonds. The summed E-state index contributed by atoms with van der Waals surface area (Å²) in [5.41, 5.74) is 0. The lowest BCUT2D eigenvalue weighted by Crippen LogP contribution is -2.37. The van der Waals surface area contributed by atoms with Crippen LogP contribution in [0, 0.1) is 5.92 Å². The SMILES string of the molecule is CN(CC1CC(Cl)C1)S(C)(=O)=O. The molecule has 1 aliphatic rings. The average Bonchev–Trinajstić information content (AvgIpc) is 1.82. The summed E-state index contributed by atoms with van der Waals surface area (Å²) in [6.45, 7) is 0.613. The van der Waals surface area contributed by atoms with Crippen molar-refractivity contribution in [1.29, 1.82) is 0 Å². The van der Waals surface area contributed by atoms with Crippen molar-refractivity contribution in [2.45, 2.75) is 18.2 Å². The Balaban J connectivity index is 2.33. The van der Waals surface area contributed by atoms with E-state index in [0.29, 0.717) is 12.5 Å². The molecule has 1 aliphatic carbocycles. The van der Waals surface area contributed by atoms with E-state index in [1.807, 2.05) is 0 Å². The molecule has 0 aromatic rings. The summed E-state index contributed by atoms with van der Waals surface area (Å²) < 4.78 is 23.4. The van der Waals surface area contributed by atoms with Crippen LogP contribution in [0.4, 0.5) is 0 Å². The number of hydrogen-bond acceptors (Lipinski definition) is 2. The first-order valence-corrected chi connectivity index (χ1v) is 6.23. The molecule has 3 nitrogen and oxygen atoms in total. The largest absolute Gasteiger partial charge is 0.213 e. The van der Waals surface area contributed by atoms with Crippen molar-refractivity contribution in [2.75, 3.05) is 19.8 Å². The van der Waals surface area contributed by atoms with E-state index in [0.717, 1.165) is 12.8 Å². The van der Waals surface area contributed by atoms with Gasteiger partial charge in [0.15, 0.2) is 0 Å². The van der Waals surface area contributed by atoms with Crippen molar-refractivity contribution < 1.29 is 8.42 Å². The summed E-state index contributed by atoms with van der Waals surface area (Å²) in [4.78, 5) is 0. The third-order valence-electron chi connectivity index (χ3n) is 2.26. The molecule has 0 heterocycles. The van der Waals surface area contributed by atoms with Crippen LogP contribution in [0.25, 0.3) is 0 Å². The summed E-state index contributed by atoms with van der Waals surface area (Å²) in [6, 6.07) is 0. The second kappa shape index (κ2) is 3.52. The van der Waals surface area contributed by atoms with E-state index in [1.165, 1.54) is 10.6 Å². The summed E-state index contributed by atoms with van der Waals surface area (Å²) in [5.74, 6) is 0.465. The van der Waals surface area contributed by atoms with Gasteiger partial charge in [-0.2, -0.15) is 0 Å². The molecule has 12 heavy (non-hydrogen) atoms. The molecule has 0 aromatic carbocycles. The monoisotopic (exact) mass is 211 g/mol. The van der Waals surface area contributed by atoms with Crippen LogP contribution in [-0.2, 0) is 10.0 Å². The van der Waals surface area contributed by atoms with Gasteiger partial charge in [-0.15, -0.1) is 11.6 Å². The quantitative estimate of drug-likeness (QED) is 0.651. The predicted octanol–water partition coefficient (Wildman–Crippen LogP) is 0.895. The molecule has 0 spiro atoms. The fourth-order valence-corrected chi connectivity index (χ4v) is 2.29. The van der Waals surface area contributed by atoms with Gasteiger partial charge in [-0.25, -0.2) is 12.7 Å². The van der Waals surface area contributed by atoms with Crippen LogP contribution in [0.5, 0.6) is 0 Å². The highest BCUT2D eigenvalue weighted by atomic mass is 35.5. The van der Waals surface area contributed by atoms with Crippen LogP contribution in [0.15, 0.2) is 0 Å². The molecule has 0 aromatic heterocycles. The fourth-order valence-electron chi connectivity index (χ4n) is 1.30. The Morgan fingerprint density at radius 1 is 1.50 bits per heavy atom. The molecule has 0 radical (unpaired) electrons. The van der Waals surface area contributed by atoms with E-state index in [9.17, 15) is 8.42 Å². The Morgan fingerprint density at radius 3 is 2.33 bits per heavy atom. The van der Waals surface area contributed by atoms with E-state index < -0.39 is 10.0 Å². The Kier molecular flexibility index (Phi) is 3.01. The van der Waals surface area contributed by atoms with Gasteiger partial charge in [-0.05, 0) is 18.8 Å². The van der Waals surface area contributed by atoms with Gasteiger partial charge >= 0.3 is 0 Å². The molecule has 0 unspecified atom stereocenters. The van der Waals surface area contributed by atoms with E-state index in [2.05, 4.69) is 0 Å². The highest BCUT2D eigenvalue weighted by Crippen LogP contribution is 2.32. The second-order valence-corrected chi connectivity index (χ2v) is 6.18. The Bertz CT molecular complexity index is 246. The molecule has 0 atom stereocenters. The van der Waals surface area contributed by atoms with E-state index in [-0.39, 0.29) is 5.38 Å². The number of nitrogens with zero attached hydrogens (tertiary/aromatic N) is 1. The van der Waals surface area contributed by atoms with E-state index >= 15 is 0 Å². The topological polar surface area (TPSA) is 37.4 Å². The number of hydrogen-bond donors (Lipinski definition) is 0. The van der Waals surface area contributed by atoms with Crippen molar-refractivity contribution in [2.24, 2.45) is 5.92 Å². The highest BCUT2D eigenvalue weighted by molar-refractivity contribution is 7.88.